The zero-order valence-corrected chi connectivity index (χ0v) is 9.75. The maximum absolute atomic E-state index is 13.4. The molecule has 0 amide bonds. The average molecular weight is 262 g/mol. The number of carboxylic acids is 1. The van der Waals surface area contributed by atoms with Crippen molar-refractivity contribution in [3.8, 4) is 5.75 Å². The van der Waals surface area contributed by atoms with Gasteiger partial charge in [-0.15, -0.1) is 0 Å². The molecular formula is C12H13F3O3. The van der Waals surface area contributed by atoms with Crippen molar-refractivity contribution in [1.82, 2.24) is 0 Å². The van der Waals surface area contributed by atoms with E-state index in [1.165, 1.54) is 12.1 Å². The Labute approximate surface area is 102 Å². The normalized spacial score (nSPS) is 11.3. The SMILES string of the molecule is CCOc1ccc(CC(F)(F)CC(=O)O)cc1F. The number of halogens is 3. The van der Waals surface area contributed by atoms with Crippen LogP contribution in [0.25, 0.3) is 0 Å². The number of benzene rings is 1. The lowest BCUT2D eigenvalue weighted by Crippen LogP contribution is -2.23. The van der Waals surface area contributed by atoms with Crippen LogP contribution in [0.2, 0.25) is 0 Å². The molecule has 100 valence electrons. The molecule has 3 nitrogen and oxygen atoms in total. The van der Waals surface area contributed by atoms with Gasteiger partial charge in [-0.1, -0.05) is 6.07 Å². The molecule has 0 bridgehead atoms. The molecule has 0 spiro atoms. The van der Waals surface area contributed by atoms with Gasteiger partial charge in [0.1, 0.15) is 6.42 Å². The lowest BCUT2D eigenvalue weighted by atomic mass is 10.0. The first-order chi connectivity index (χ1) is 8.34. The van der Waals surface area contributed by atoms with E-state index in [0.717, 1.165) is 6.07 Å². The second-order valence-corrected chi connectivity index (χ2v) is 3.80. The van der Waals surface area contributed by atoms with E-state index in [1.54, 1.807) is 6.92 Å². The summed E-state index contributed by atoms with van der Waals surface area (Å²) >= 11 is 0. The molecule has 1 N–H and O–H groups in total. The standard InChI is InChI=1S/C12H13F3O3/c1-2-18-10-4-3-8(5-9(10)13)6-12(14,15)7-11(16)17/h3-5H,2,6-7H2,1H3,(H,16,17). The van der Waals surface area contributed by atoms with Crippen LogP contribution in [0.15, 0.2) is 18.2 Å². The molecule has 0 aliphatic rings. The van der Waals surface area contributed by atoms with Crippen molar-refractivity contribution >= 4 is 5.97 Å². The summed E-state index contributed by atoms with van der Waals surface area (Å²) in [5.41, 5.74) is 0.0298. The van der Waals surface area contributed by atoms with Gasteiger partial charge in [0, 0.05) is 6.42 Å². The van der Waals surface area contributed by atoms with Gasteiger partial charge in [-0.05, 0) is 24.6 Å². The fraction of sp³-hybridized carbons (Fsp3) is 0.417. The van der Waals surface area contributed by atoms with Crippen LogP contribution in [0.4, 0.5) is 13.2 Å². The molecule has 0 fully saturated rings. The Kier molecular flexibility index (Phi) is 4.58. The van der Waals surface area contributed by atoms with Crippen molar-refractivity contribution in [2.45, 2.75) is 25.7 Å². The Bertz CT molecular complexity index is 433. The molecule has 0 atom stereocenters. The van der Waals surface area contributed by atoms with Gasteiger partial charge in [-0.3, -0.25) is 4.79 Å². The van der Waals surface area contributed by atoms with Crippen molar-refractivity contribution < 1.29 is 27.8 Å². The van der Waals surface area contributed by atoms with Gasteiger partial charge in [0.25, 0.3) is 5.92 Å². The van der Waals surface area contributed by atoms with Crippen LogP contribution in [0.3, 0.4) is 0 Å². The summed E-state index contributed by atoms with van der Waals surface area (Å²) in [6.07, 6.45) is -2.09. The summed E-state index contributed by atoms with van der Waals surface area (Å²) in [6, 6.07) is 3.48. The van der Waals surface area contributed by atoms with Crippen molar-refractivity contribution in [2.24, 2.45) is 0 Å². The first-order valence-electron chi connectivity index (χ1n) is 5.35. The van der Waals surface area contributed by atoms with Gasteiger partial charge in [-0.2, -0.15) is 0 Å². The van der Waals surface area contributed by atoms with Gasteiger partial charge in [0.2, 0.25) is 0 Å². The van der Waals surface area contributed by atoms with Gasteiger partial charge in [0.05, 0.1) is 6.61 Å². The van der Waals surface area contributed by atoms with Crippen LogP contribution in [0.5, 0.6) is 5.75 Å². The lowest BCUT2D eigenvalue weighted by molar-refractivity contribution is -0.144. The smallest absolute Gasteiger partial charge is 0.309 e. The highest BCUT2D eigenvalue weighted by Crippen LogP contribution is 2.26. The fourth-order valence-electron chi connectivity index (χ4n) is 1.51. The predicted octanol–water partition coefficient (Wildman–Crippen LogP) is 2.88. The zero-order chi connectivity index (χ0) is 13.8. The minimum atomic E-state index is -3.40. The zero-order valence-electron chi connectivity index (χ0n) is 9.75. The van der Waals surface area contributed by atoms with Gasteiger partial charge in [0.15, 0.2) is 11.6 Å². The first-order valence-corrected chi connectivity index (χ1v) is 5.35. The summed E-state index contributed by atoms with van der Waals surface area (Å²) in [5, 5.41) is 8.32. The Morgan fingerprint density at radius 2 is 2.11 bits per heavy atom. The number of hydrogen-bond acceptors (Lipinski definition) is 2. The van der Waals surface area contributed by atoms with Crippen LogP contribution < -0.4 is 4.74 Å². The summed E-state index contributed by atoms with van der Waals surface area (Å²) < 4.78 is 44.7. The number of aliphatic carboxylic acids is 1. The molecule has 0 unspecified atom stereocenters. The number of carbonyl (C=O) groups is 1. The summed E-state index contributed by atoms with van der Waals surface area (Å²) in [7, 11) is 0. The molecule has 0 saturated heterocycles. The first kappa shape index (κ1) is 14.3. The Balaban J connectivity index is 2.79. The number of carboxylic acid groups (broad SMARTS) is 1. The van der Waals surface area contributed by atoms with E-state index in [-0.39, 0.29) is 17.9 Å². The van der Waals surface area contributed by atoms with E-state index >= 15 is 0 Å². The summed E-state index contributed by atoms with van der Waals surface area (Å²) in [5.74, 6) is -5.74. The second kappa shape index (κ2) is 5.75. The van der Waals surface area contributed by atoms with Crippen LogP contribution >= 0.6 is 0 Å². The van der Waals surface area contributed by atoms with E-state index in [2.05, 4.69) is 0 Å². The number of alkyl halides is 2. The highest BCUT2D eigenvalue weighted by molar-refractivity contribution is 5.67. The summed E-state index contributed by atoms with van der Waals surface area (Å²) in [6.45, 7) is 1.94. The van der Waals surface area contributed by atoms with Gasteiger partial charge < -0.3 is 9.84 Å². The predicted molar refractivity (Wildman–Crippen MR) is 58.5 cm³/mol. The largest absolute Gasteiger partial charge is 0.491 e. The van der Waals surface area contributed by atoms with Crippen molar-refractivity contribution in [3.63, 3.8) is 0 Å². The highest BCUT2D eigenvalue weighted by atomic mass is 19.3. The van der Waals surface area contributed by atoms with E-state index in [0.29, 0.717) is 0 Å². The number of hydrogen-bond donors (Lipinski definition) is 1. The summed E-state index contributed by atoms with van der Waals surface area (Å²) in [4.78, 5) is 10.2. The molecule has 18 heavy (non-hydrogen) atoms. The molecule has 1 aromatic rings. The monoisotopic (exact) mass is 262 g/mol. The van der Waals surface area contributed by atoms with Crippen LogP contribution in [-0.4, -0.2) is 23.6 Å². The fourth-order valence-corrected chi connectivity index (χ4v) is 1.51. The van der Waals surface area contributed by atoms with Crippen LogP contribution in [-0.2, 0) is 11.2 Å². The maximum Gasteiger partial charge on any atom is 0.309 e. The average Bonchev–Trinajstić information content (AvgIpc) is 2.19. The minimum Gasteiger partial charge on any atom is -0.491 e. The molecule has 0 heterocycles. The molecule has 0 aliphatic heterocycles. The van der Waals surface area contributed by atoms with Gasteiger partial charge in [-0.25, -0.2) is 13.2 Å². The topological polar surface area (TPSA) is 46.5 Å². The number of rotatable bonds is 6. The van der Waals surface area contributed by atoms with E-state index in [1.807, 2.05) is 0 Å². The molecule has 0 radical (unpaired) electrons. The minimum absolute atomic E-state index is 0.0113. The van der Waals surface area contributed by atoms with E-state index in [4.69, 9.17) is 9.84 Å². The van der Waals surface area contributed by atoms with Gasteiger partial charge >= 0.3 is 5.97 Å². The van der Waals surface area contributed by atoms with Crippen molar-refractivity contribution in [3.05, 3.63) is 29.6 Å². The maximum atomic E-state index is 13.4. The molecule has 1 aromatic carbocycles. The third-order valence-electron chi connectivity index (χ3n) is 2.17. The van der Waals surface area contributed by atoms with Crippen molar-refractivity contribution in [1.29, 1.82) is 0 Å². The molecule has 0 saturated carbocycles. The second-order valence-electron chi connectivity index (χ2n) is 3.80. The van der Waals surface area contributed by atoms with Crippen molar-refractivity contribution in [2.75, 3.05) is 6.61 Å². The third kappa shape index (κ3) is 4.27. The van der Waals surface area contributed by atoms with E-state index in [9.17, 15) is 18.0 Å². The Morgan fingerprint density at radius 3 is 2.61 bits per heavy atom. The van der Waals surface area contributed by atoms with Crippen LogP contribution in [0, 0.1) is 5.82 Å². The molecular weight excluding hydrogens is 249 g/mol. The molecule has 0 aliphatic carbocycles. The third-order valence-corrected chi connectivity index (χ3v) is 2.17. The van der Waals surface area contributed by atoms with E-state index < -0.39 is 30.6 Å². The Morgan fingerprint density at radius 1 is 1.44 bits per heavy atom. The Hall–Kier alpha value is -1.72. The quantitative estimate of drug-likeness (QED) is 0.857. The van der Waals surface area contributed by atoms with Crippen LogP contribution in [0.1, 0.15) is 18.9 Å². The molecule has 1 rings (SSSR count). The highest BCUT2D eigenvalue weighted by Gasteiger charge is 2.32. The molecule has 0 aromatic heterocycles. The number of ether oxygens (including phenoxy) is 1. The molecule has 6 heteroatoms. The lowest BCUT2D eigenvalue weighted by Gasteiger charge is -2.14.